The molecule has 0 aliphatic heterocycles. The molecule has 6 nitrogen and oxygen atoms in total. The number of hydrogen-bond donors (Lipinski definition) is 2. The summed E-state index contributed by atoms with van der Waals surface area (Å²) in [4.78, 5) is 12.2. The first-order chi connectivity index (χ1) is 12.2. The van der Waals surface area contributed by atoms with Gasteiger partial charge in [0.15, 0.2) is 0 Å². The largest absolute Gasteiger partial charge is 0.491 e. The SMILES string of the molecule is Cc1ccc(C)c(OCCNC(=O)c2ccc(NS(C)(=O)=O)c(C)c2)c1. The lowest BCUT2D eigenvalue weighted by molar-refractivity contribution is 0.0947. The Morgan fingerprint density at radius 1 is 1.04 bits per heavy atom. The van der Waals surface area contributed by atoms with Gasteiger partial charge in [0.05, 0.1) is 18.5 Å². The van der Waals surface area contributed by atoms with Crippen LogP contribution in [0.4, 0.5) is 5.69 Å². The maximum absolute atomic E-state index is 12.2. The highest BCUT2D eigenvalue weighted by molar-refractivity contribution is 7.92. The van der Waals surface area contributed by atoms with Crippen molar-refractivity contribution >= 4 is 21.6 Å². The number of benzene rings is 2. The molecule has 0 fully saturated rings. The second-order valence-corrected chi connectivity index (χ2v) is 8.03. The second kappa shape index (κ2) is 8.23. The fraction of sp³-hybridized carbons (Fsp3) is 0.316. The van der Waals surface area contributed by atoms with Gasteiger partial charge < -0.3 is 10.1 Å². The fourth-order valence-corrected chi connectivity index (χ4v) is 3.04. The van der Waals surface area contributed by atoms with E-state index < -0.39 is 10.0 Å². The Morgan fingerprint density at radius 3 is 2.42 bits per heavy atom. The van der Waals surface area contributed by atoms with Crippen molar-refractivity contribution < 1.29 is 17.9 Å². The summed E-state index contributed by atoms with van der Waals surface area (Å²) in [6.07, 6.45) is 1.09. The predicted octanol–water partition coefficient (Wildman–Crippen LogP) is 2.79. The first-order valence-electron chi connectivity index (χ1n) is 8.22. The molecule has 0 bridgehead atoms. The maximum Gasteiger partial charge on any atom is 0.251 e. The van der Waals surface area contributed by atoms with E-state index >= 15 is 0 Å². The van der Waals surface area contributed by atoms with Gasteiger partial charge >= 0.3 is 0 Å². The van der Waals surface area contributed by atoms with Crippen LogP contribution in [-0.2, 0) is 10.0 Å². The smallest absolute Gasteiger partial charge is 0.251 e. The molecule has 1 amide bonds. The lowest BCUT2D eigenvalue weighted by Crippen LogP contribution is -2.28. The number of aryl methyl sites for hydroxylation is 3. The molecule has 140 valence electrons. The normalized spacial score (nSPS) is 11.1. The van der Waals surface area contributed by atoms with Gasteiger partial charge in [-0.3, -0.25) is 9.52 Å². The lowest BCUT2D eigenvalue weighted by Gasteiger charge is -2.12. The van der Waals surface area contributed by atoms with Crippen LogP contribution in [-0.4, -0.2) is 33.7 Å². The molecule has 2 N–H and O–H groups in total. The molecule has 0 aliphatic carbocycles. The van der Waals surface area contributed by atoms with Gasteiger partial charge in [-0.25, -0.2) is 8.42 Å². The maximum atomic E-state index is 12.2. The van der Waals surface area contributed by atoms with Crippen LogP contribution in [0.15, 0.2) is 36.4 Å². The van der Waals surface area contributed by atoms with Crippen LogP contribution in [0.2, 0.25) is 0 Å². The highest BCUT2D eigenvalue weighted by Crippen LogP contribution is 2.19. The summed E-state index contributed by atoms with van der Waals surface area (Å²) in [6.45, 7) is 6.45. The van der Waals surface area contributed by atoms with Gasteiger partial charge in [-0.2, -0.15) is 0 Å². The molecule has 0 heterocycles. The average molecular weight is 376 g/mol. The zero-order valence-electron chi connectivity index (χ0n) is 15.4. The van der Waals surface area contributed by atoms with Crippen molar-refractivity contribution in [3.63, 3.8) is 0 Å². The zero-order chi connectivity index (χ0) is 19.3. The number of amides is 1. The van der Waals surface area contributed by atoms with E-state index in [0.29, 0.717) is 30.0 Å². The van der Waals surface area contributed by atoms with E-state index in [1.807, 2.05) is 32.0 Å². The molecule has 2 rings (SSSR count). The molecule has 2 aromatic rings. The lowest BCUT2D eigenvalue weighted by atomic mass is 10.1. The topological polar surface area (TPSA) is 84.5 Å². The summed E-state index contributed by atoms with van der Waals surface area (Å²) in [5.41, 5.74) is 3.77. The van der Waals surface area contributed by atoms with E-state index in [9.17, 15) is 13.2 Å². The number of sulfonamides is 1. The van der Waals surface area contributed by atoms with Crippen molar-refractivity contribution in [2.45, 2.75) is 20.8 Å². The highest BCUT2D eigenvalue weighted by atomic mass is 32.2. The molecule has 0 saturated heterocycles. The van der Waals surface area contributed by atoms with Crippen molar-refractivity contribution in [2.24, 2.45) is 0 Å². The van der Waals surface area contributed by atoms with Crippen molar-refractivity contribution in [2.75, 3.05) is 24.1 Å². The Labute approximate surface area is 154 Å². The molecular weight excluding hydrogens is 352 g/mol. The molecule has 0 aliphatic rings. The van der Waals surface area contributed by atoms with Gasteiger partial charge in [0.1, 0.15) is 12.4 Å². The number of rotatable bonds is 7. The predicted molar refractivity (Wildman–Crippen MR) is 103 cm³/mol. The minimum absolute atomic E-state index is 0.233. The summed E-state index contributed by atoms with van der Waals surface area (Å²) in [5.74, 6) is 0.579. The third-order valence-corrected chi connectivity index (χ3v) is 4.36. The Bertz CT molecular complexity index is 908. The summed E-state index contributed by atoms with van der Waals surface area (Å²) < 4.78 is 30.7. The van der Waals surface area contributed by atoms with Gasteiger partial charge in [0, 0.05) is 5.56 Å². The van der Waals surface area contributed by atoms with Gasteiger partial charge in [0.2, 0.25) is 10.0 Å². The van der Waals surface area contributed by atoms with Crippen LogP contribution in [0, 0.1) is 20.8 Å². The monoisotopic (exact) mass is 376 g/mol. The van der Waals surface area contributed by atoms with Crippen LogP contribution in [0.1, 0.15) is 27.0 Å². The van der Waals surface area contributed by atoms with Crippen molar-refractivity contribution in [3.8, 4) is 5.75 Å². The highest BCUT2D eigenvalue weighted by Gasteiger charge is 2.10. The van der Waals surface area contributed by atoms with Crippen LogP contribution < -0.4 is 14.8 Å². The van der Waals surface area contributed by atoms with Gasteiger partial charge in [-0.15, -0.1) is 0 Å². The average Bonchev–Trinajstić information content (AvgIpc) is 2.55. The third-order valence-electron chi connectivity index (χ3n) is 3.77. The molecule has 26 heavy (non-hydrogen) atoms. The molecule has 0 saturated carbocycles. The Balaban J connectivity index is 1.90. The van der Waals surface area contributed by atoms with Crippen molar-refractivity contribution in [1.29, 1.82) is 0 Å². The first kappa shape index (κ1) is 19.8. The minimum Gasteiger partial charge on any atom is -0.491 e. The number of hydrogen-bond acceptors (Lipinski definition) is 4. The summed E-state index contributed by atoms with van der Waals surface area (Å²) in [6, 6.07) is 10.8. The molecule has 0 radical (unpaired) electrons. The van der Waals surface area contributed by atoms with Crippen LogP contribution in [0.25, 0.3) is 0 Å². The van der Waals surface area contributed by atoms with E-state index in [0.717, 1.165) is 23.1 Å². The summed E-state index contributed by atoms with van der Waals surface area (Å²) in [5, 5.41) is 2.80. The van der Waals surface area contributed by atoms with E-state index in [1.54, 1.807) is 25.1 Å². The van der Waals surface area contributed by atoms with Gasteiger partial charge in [0.25, 0.3) is 5.91 Å². The van der Waals surface area contributed by atoms with Crippen LogP contribution >= 0.6 is 0 Å². The molecule has 7 heteroatoms. The number of nitrogens with one attached hydrogen (secondary N) is 2. The summed E-state index contributed by atoms with van der Waals surface area (Å²) in [7, 11) is -3.35. The number of ether oxygens (including phenoxy) is 1. The Hall–Kier alpha value is -2.54. The molecule has 0 unspecified atom stereocenters. The minimum atomic E-state index is -3.35. The van der Waals surface area contributed by atoms with Crippen molar-refractivity contribution in [1.82, 2.24) is 5.32 Å². The summed E-state index contributed by atoms with van der Waals surface area (Å²) >= 11 is 0. The van der Waals surface area contributed by atoms with Gasteiger partial charge in [-0.1, -0.05) is 12.1 Å². The Morgan fingerprint density at radius 2 is 1.77 bits per heavy atom. The number of anilines is 1. The molecule has 0 aromatic heterocycles. The molecule has 0 atom stereocenters. The quantitative estimate of drug-likeness (QED) is 0.728. The van der Waals surface area contributed by atoms with Gasteiger partial charge in [-0.05, 0) is 61.7 Å². The molecule has 2 aromatic carbocycles. The zero-order valence-corrected chi connectivity index (χ0v) is 16.2. The standard InChI is InChI=1S/C19H24N2O4S/c1-13-5-6-14(2)18(11-13)25-10-9-20-19(22)16-7-8-17(15(3)12-16)21-26(4,23)24/h5-8,11-12,21H,9-10H2,1-4H3,(H,20,22). The second-order valence-electron chi connectivity index (χ2n) is 6.28. The van der Waals surface area contributed by atoms with Crippen LogP contribution in [0.5, 0.6) is 5.75 Å². The Kier molecular flexibility index (Phi) is 6.26. The van der Waals surface area contributed by atoms with E-state index in [-0.39, 0.29) is 5.91 Å². The van der Waals surface area contributed by atoms with E-state index in [1.165, 1.54) is 0 Å². The fourth-order valence-electron chi connectivity index (χ4n) is 2.41. The number of carbonyl (C=O) groups is 1. The molecule has 0 spiro atoms. The van der Waals surface area contributed by atoms with Crippen LogP contribution in [0.3, 0.4) is 0 Å². The number of carbonyl (C=O) groups excluding carboxylic acids is 1. The van der Waals surface area contributed by atoms with E-state index in [4.69, 9.17) is 4.74 Å². The first-order valence-corrected chi connectivity index (χ1v) is 10.1. The van der Waals surface area contributed by atoms with E-state index in [2.05, 4.69) is 10.0 Å². The third kappa shape index (κ3) is 5.77. The van der Waals surface area contributed by atoms with Crippen molar-refractivity contribution in [3.05, 3.63) is 58.7 Å². The molecular formula is C19H24N2O4S.